The molecule has 3 N–H and O–H groups in total. The predicted octanol–water partition coefficient (Wildman–Crippen LogP) is 1.92. The molecule has 0 aliphatic rings. The maximum atomic E-state index is 11.7. The molecular weight excluding hydrogens is 296 g/mol. The Labute approximate surface area is 134 Å². The summed E-state index contributed by atoms with van der Waals surface area (Å²) in [7, 11) is 0. The fraction of sp³-hybridized carbons (Fsp3) is 0.250. The van der Waals surface area contributed by atoms with Gasteiger partial charge in [0, 0.05) is 18.3 Å². The van der Waals surface area contributed by atoms with Gasteiger partial charge in [0.2, 0.25) is 0 Å². The topological polar surface area (TPSA) is 115 Å². The van der Waals surface area contributed by atoms with Crippen LogP contribution >= 0.6 is 0 Å². The first-order valence-corrected chi connectivity index (χ1v) is 6.80. The van der Waals surface area contributed by atoms with E-state index in [1.54, 1.807) is 31.2 Å². The summed E-state index contributed by atoms with van der Waals surface area (Å²) in [4.78, 5) is 22.4. The number of nitrogens with zero attached hydrogens (tertiary/aromatic N) is 1. The molecule has 0 radical (unpaired) electrons. The molecule has 0 spiro atoms. The van der Waals surface area contributed by atoms with Gasteiger partial charge in [-0.3, -0.25) is 9.59 Å². The van der Waals surface area contributed by atoms with Crippen molar-refractivity contribution >= 4 is 23.3 Å². The van der Waals surface area contributed by atoms with Crippen molar-refractivity contribution < 1.29 is 14.3 Å². The van der Waals surface area contributed by atoms with Gasteiger partial charge in [-0.2, -0.15) is 5.26 Å². The van der Waals surface area contributed by atoms with Gasteiger partial charge in [0.1, 0.15) is 0 Å². The van der Waals surface area contributed by atoms with Crippen LogP contribution in [0.25, 0.3) is 0 Å². The number of carbonyl (C=O) groups is 2. The van der Waals surface area contributed by atoms with Gasteiger partial charge in [-0.1, -0.05) is 0 Å². The van der Waals surface area contributed by atoms with Crippen molar-refractivity contribution in [3.8, 4) is 6.07 Å². The summed E-state index contributed by atoms with van der Waals surface area (Å²) in [5, 5.41) is 22.1. The van der Waals surface area contributed by atoms with Crippen molar-refractivity contribution in [1.82, 2.24) is 5.32 Å². The third-order valence-electron chi connectivity index (χ3n) is 2.77. The highest BCUT2D eigenvalue weighted by Crippen LogP contribution is 2.13. The van der Waals surface area contributed by atoms with E-state index in [9.17, 15) is 9.59 Å². The van der Waals surface area contributed by atoms with Crippen molar-refractivity contribution in [1.29, 1.82) is 10.7 Å². The van der Waals surface area contributed by atoms with Gasteiger partial charge in [0.05, 0.1) is 23.0 Å². The van der Waals surface area contributed by atoms with Crippen LogP contribution in [0.2, 0.25) is 0 Å². The van der Waals surface area contributed by atoms with Gasteiger partial charge in [-0.25, -0.2) is 0 Å². The van der Waals surface area contributed by atoms with Crippen LogP contribution < -0.4 is 10.6 Å². The van der Waals surface area contributed by atoms with E-state index < -0.39 is 18.5 Å². The number of carbonyl (C=O) groups excluding carboxylic acids is 2. The number of hydrogen-bond acceptors (Lipinski definition) is 6. The van der Waals surface area contributed by atoms with Crippen LogP contribution in [0.1, 0.15) is 26.3 Å². The first kappa shape index (κ1) is 17.9. The van der Waals surface area contributed by atoms with Crippen molar-refractivity contribution in [2.24, 2.45) is 0 Å². The normalized spacial score (nSPS) is 10.9. The molecule has 7 heteroatoms. The van der Waals surface area contributed by atoms with Gasteiger partial charge >= 0.3 is 5.97 Å². The number of nitriles is 1. The lowest BCUT2D eigenvalue weighted by Crippen LogP contribution is -2.32. The largest absolute Gasteiger partial charge is 0.456 e. The lowest BCUT2D eigenvalue weighted by atomic mass is 10.2. The zero-order valence-corrected chi connectivity index (χ0v) is 13.2. The Morgan fingerprint density at radius 1 is 1.22 bits per heavy atom. The Morgan fingerprint density at radius 2 is 1.83 bits per heavy atom. The Bertz CT molecular complexity index is 684. The number of hydrogen-bond donors (Lipinski definition) is 3. The van der Waals surface area contributed by atoms with Crippen LogP contribution in [0.15, 0.2) is 35.7 Å². The fourth-order valence-electron chi connectivity index (χ4n) is 1.72. The van der Waals surface area contributed by atoms with Crippen LogP contribution in [0.5, 0.6) is 0 Å². The van der Waals surface area contributed by atoms with Gasteiger partial charge in [-0.05, 0) is 38.1 Å². The van der Waals surface area contributed by atoms with Crippen LogP contribution in [-0.4, -0.2) is 24.2 Å². The average Bonchev–Trinajstić information content (AvgIpc) is 2.50. The number of anilines is 1. The Balaban J connectivity index is 2.85. The van der Waals surface area contributed by atoms with Gasteiger partial charge in [0.25, 0.3) is 5.91 Å². The molecule has 1 amide bonds. The molecule has 1 aromatic rings. The number of allylic oxidation sites excluding steroid dienone is 2. The summed E-state index contributed by atoms with van der Waals surface area (Å²) >= 11 is 0. The monoisotopic (exact) mass is 314 g/mol. The number of nitrogens with one attached hydrogen (secondary N) is 3. The van der Waals surface area contributed by atoms with E-state index in [1.165, 1.54) is 13.8 Å². The SMILES string of the molecule is CC(=N)/C(NC(=O)COC(C)=O)=C(/C)Nc1ccc(C#N)cc1. The number of esters is 1. The number of benzene rings is 1. The highest BCUT2D eigenvalue weighted by molar-refractivity contribution is 6.00. The molecular formula is C16H18N4O3. The molecule has 23 heavy (non-hydrogen) atoms. The molecule has 0 saturated carbocycles. The van der Waals surface area contributed by atoms with E-state index in [0.717, 1.165) is 5.69 Å². The Kier molecular flexibility index (Phi) is 6.49. The molecule has 0 saturated heterocycles. The smallest absolute Gasteiger partial charge is 0.303 e. The van der Waals surface area contributed by atoms with Crippen LogP contribution in [-0.2, 0) is 14.3 Å². The molecule has 0 heterocycles. The summed E-state index contributed by atoms with van der Waals surface area (Å²) in [6.45, 7) is 4.04. The zero-order chi connectivity index (χ0) is 17.4. The fourth-order valence-corrected chi connectivity index (χ4v) is 1.72. The van der Waals surface area contributed by atoms with Gasteiger partial charge in [0.15, 0.2) is 6.61 Å². The first-order valence-electron chi connectivity index (χ1n) is 6.80. The second-order valence-electron chi connectivity index (χ2n) is 4.77. The van der Waals surface area contributed by atoms with Crippen LogP contribution in [0, 0.1) is 16.7 Å². The third kappa shape index (κ3) is 6.01. The minimum absolute atomic E-state index is 0.153. The molecule has 1 rings (SSSR count). The van der Waals surface area contributed by atoms with Gasteiger partial charge in [-0.15, -0.1) is 0 Å². The van der Waals surface area contributed by atoms with Crippen molar-refractivity contribution in [2.75, 3.05) is 11.9 Å². The minimum atomic E-state index is -0.551. The second kappa shape index (κ2) is 8.34. The molecule has 0 unspecified atom stereocenters. The Morgan fingerprint density at radius 3 is 2.30 bits per heavy atom. The second-order valence-corrected chi connectivity index (χ2v) is 4.77. The van der Waals surface area contributed by atoms with Gasteiger partial charge < -0.3 is 20.8 Å². The molecule has 1 aromatic carbocycles. The summed E-state index contributed by atoms with van der Waals surface area (Å²) in [5.41, 5.74) is 2.26. The highest BCUT2D eigenvalue weighted by Gasteiger charge is 2.11. The summed E-state index contributed by atoms with van der Waals surface area (Å²) in [5.74, 6) is -1.08. The summed E-state index contributed by atoms with van der Waals surface area (Å²) in [6, 6.07) is 8.79. The minimum Gasteiger partial charge on any atom is -0.456 e. The van der Waals surface area contributed by atoms with Crippen molar-refractivity contribution in [3.63, 3.8) is 0 Å². The molecule has 0 aliphatic carbocycles. The predicted molar refractivity (Wildman–Crippen MR) is 85.7 cm³/mol. The summed E-state index contributed by atoms with van der Waals surface area (Å²) in [6.07, 6.45) is 0. The standard InChI is InChI=1S/C16H18N4O3/c1-10(18)16(20-15(22)9-23-12(3)21)11(2)19-14-6-4-13(8-17)5-7-14/h4-7,18-19H,9H2,1-3H3,(H,20,22)/b16-11+,18-10?. The van der Waals surface area contributed by atoms with E-state index in [4.69, 9.17) is 10.7 Å². The zero-order valence-electron chi connectivity index (χ0n) is 13.2. The average molecular weight is 314 g/mol. The molecule has 120 valence electrons. The molecule has 0 aliphatic heterocycles. The Hall–Kier alpha value is -3.14. The van der Waals surface area contributed by atoms with Crippen LogP contribution in [0.3, 0.4) is 0 Å². The summed E-state index contributed by atoms with van der Waals surface area (Å²) < 4.78 is 4.61. The van der Waals surface area contributed by atoms with E-state index in [0.29, 0.717) is 17.0 Å². The molecule has 0 atom stereocenters. The third-order valence-corrected chi connectivity index (χ3v) is 2.77. The lowest BCUT2D eigenvalue weighted by molar-refractivity contribution is -0.146. The molecule has 0 bridgehead atoms. The quantitative estimate of drug-likeness (QED) is 0.548. The molecule has 0 aromatic heterocycles. The maximum Gasteiger partial charge on any atom is 0.303 e. The molecule has 0 fully saturated rings. The van der Waals surface area contributed by atoms with E-state index in [2.05, 4.69) is 15.4 Å². The molecule has 7 nitrogen and oxygen atoms in total. The van der Waals surface area contributed by atoms with E-state index >= 15 is 0 Å². The maximum absolute atomic E-state index is 11.7. The van der Waals surface area contributed by atoms with E-state index in [1.807, 2.05) is 6.07 Å². The van der Waals surface area contributed by atoms with Crippen molar-refractivity contribution in [2.45, 2.75) is 20.8 Å². The lowest BCUT2D eigenvalue weighted by Gasteiger charge is -2.15. The number of amides is 1. The first-order chi connectivity index (χ1) is 10.8. The highest BCUT2D eigenvalue weighted by atomic mass is 16.5. The van der Waals surface area contributed by atoms with Crippen LogP contribution in [0.4, 0.5) is 5.69 Å². The van der Waals surface area contributed by atoms with E-state index in [-0.39, 0.29) is 5.71 Å². The number of ether oxygens (including phenoxy) is 1. The van der Waals surface area contributed by atoms with Crippen molar-refractivity contribution in [3.05, 3.63) is 41.2 Å². The number of rotatable bonds is 6.